The number of amides is 2. The molecule has 0 saturated heterocycles. The lowest BCUT2D eigenvalue weighted by atomic mass is 10.1. The van der Waals surface area contributed by atoms with E-state index in [1.165, 1.54) is 11.2 Å². The van der Waals surface area contributed by atoms with Crippen LogP contribution in [0.3, 0.4) is 0 Å². The Balaban J connectivity index is 1.44. The number of likely N-dealkylation sites (N-methyl/N-ethyl adjacent to an activating group) is 2. The molecule has 156 valence electrons. The van der Waals surface area contributed by atoms with Gasteiger partial charge in [0.2, 0.25) is 11.7 Å². The van der Waals surface area contributed by atoms with Crippen LogP contribution in [0.1, 0.15) is 29.0 Å². The molecule has 1 aromatic heterocycles. The summed E-state index contributed by atoms with van der Waals surface area (Å²) in [5.74, 6) is -0.681. The second-order valence-electron chi connectivity index (χ2n) is 7.43. The van der Waals surface area contributed by atoms with Crippen molar-refractivity contribution in [3.8, 4) is 0 Å². The van der Waals surface area contributed by atoms with Crippen molar-refractivity contribution >= 4 is 11.8 Å². The van der Waals surface area contributed by atoms with E-state index in [2.05, 4.69) is 15.4 Å². The van der Waals surface area contributed by atoms with Crippen molar-refractivity contribution in [1.29, 1.82) is 0 Å². The molecule has 2 aliphatic heterocycles. The summed E-state index contributed by atoms with van der Waals surface area (Å²) in [5, 5.41) is 17.0. The molecule has 2 N–H and O–H groups in total. The fraction of sp³-hybridized carbons (Fsp3) is 0.333. The molecule has 9 heteroatoms. The molecule has 0 aliphatic carbocycles. The van der Waals surface area contributed by atoms with Crippen molar-refractivity contribution in [3.05, 3.63) is 71.6 Å². The van der Waals surface area contributed by atoms with Gasteiger partial charge >= 0.3 is 0 Å². The van der Waals surface area contributed by atoms with Crippen LogP contribution in [0.4, 0.5) is 0 Å². The predicted molar refractivity (Wildman–Crippen MR) is 109 cm³/mol. The minimum absolute atomic E-state index is 0.0239. The van der Waals surface area contributed by atoms with Crippen molar-refractivity contribution in [1.82, 2.24) is 29.9 Å². The Morgan fingerprint density at radius 1 is 1.27 bits per heavy atom. The zero-order chi connectivity index (χ0) is 21.3. The van der Waals surface area contributed by atoms with Gasteiger partial charge in [-0.05, 0) is 30.6 Å². The maximum Gasteiger partial charge on any atom is 0.291 e. The predicted octanol–water partition coefficient (Wildman–Crippen LogP) is 0.709. The van der Waals surface area contributed by atoms with Gasteiger partial charge in [-0.1, -0.05) is 30.3 Å². The fourth-order valence-corrected chi connectivity index (χ4v) is 3.71. The maximum atomic E-state index is 12.9. The molecule has 9 nitrogen and oxygen atoms in total. The Morgan fingerprint density at radius 3 is 2.80 bits per heavy atom. The number of nitrogens with one attached hydrogen (secondary N) is 1. The van der Waals surface area contributed by atoms with E-state index < -0.39 is 18.2 Å². The highest BCUT2D eigenvalue weighted by Gasteiger charge is 2.34. The van der Waals surface area contributed by atoms with E-state index in [4.69, 9.17) is 0 Å². The Morgan fingerprint density at radius 2 is 2.03 bits per heavy atom. The summed E-state index contributed by atoms with van der Waals surface area (Å²) in [5.41, 5.74) is 2.64. The second kappa shape index (κ2) is 8.11. The lowest BCUT2D eigenvalue weighted by Gasteiger charge is -2.32. The maximum absolute atomic E-state index is 12.9. The van der Waals surface area contributed by atoms with Crippen LogP contribution in [0.25, 0.3) is 0 Å². The fourth-order valence-electron chi connectivity index (χ4n) is 3.71. The molecule has 0 fully saturated rings. The molecule has 0 bridgehead atoms. The number of aliphatic hydroxyl groups is 1. The molecule has 0 spiro atoms. The van der Waals surface area contributed by atoms with E-state index in [1.807, 2.05) is 30.3 Å². The van der Waals surface area contributed by atoms with Crippen LogP contribution in [0, 0.1) is 0 Å². The first-order valence-electron chi connectivity index (χ1n) is 9.78. The molecule has 30 heavy (non-hydrogen) atoms. The van der Waals surface area contributed by atoms with Crippen LogP contribution in [-0.2, 0) is 11.3 Å². The largest absolute Gasteiger partial charge is 0.370 e. The normalized spacial score (nSPS) is 21.5. The van der Waals surface area contributed by atoms with Gasteiger partial charge in [0.1, 0.15) is 18.6 Å². The van der Waals surface area contributed by atoms with Gasteiger partial charge in [-0.25, -0.2) is 9.67 Å². The van der Waals surface area contributed by atoms with Gasteiger partial charge in [-0.15, -0.1) is 5.10 Å². The number of allylic oxidation sites excluding steroid dienone is 2. The first-order chi connectivity index (χ1) is 14.4. The Kier molecular flexibility index (Phi) is 5.37. The average Bonchev–Trinajstić information content (AvgIpc) is 3.17. The summed E-state index contributed by atoms with van der Waals surface area (Å²) in [7, 11) is 3.45. The molecule has 2 aliphatic rings. The Hall–Kier alpha value is -3.46. The lowest BCUT2D eigenvalue weighted by molar-refractivity contribution is -0.129. The van der Waals surface area contributed by atoms with Crippen LogP contribution in [0.15, 0.2) is 60.2 Å². The molecule has 3 heterocycles. The molecule has 2 atom stereocenters. The van der Waals surface area contributed by atoms with Crippen molar-refractivity contribution in [2.75, 3.05) is 14.1 Å². The van der Waals surface area contributed by atoms with Gasteiger partial charge in [0.25, 0.3) is 5.91 Å². The highest BCUT2D eigenvalue weighted by molar-refractivity contribution is 5.95. The number of hydrogen-bond acceptors (Lipinski definition) is 6. The number of rotatable bonds is 4. The molecule has 2 amide bonds. The number of benzene rings is 1. The van der Waals surface area contributed by atoms with Gasteiger partial charge in [0.05, 0.1) is 12.2 Å². The number of hydrogen-bond donors (Lipinski definition) is 2. The quantitative estimate of drug-likeness (QED) is 0.772. The van der Waals surface area contributed by atoms with Crippen LogP contribution in [0.5, 0.6) is 0 Å². The third kappa shape index (κ3) is 3.84. The smallest absolute Gasteiger partial charge is 0.291 e. The molecule has 1 aromatic carbocycles. The summed E-state index contributed by atoms with van der Waals surface area (Å²) in [4.78, 5) is 32.9. The lowest BCUT2D eigenvalue weighted by Crippen LogP contribution is -2.46. The number of carbonyl (C=O) groups excluding carboxylic acids is 2. The number of carbonyl (C=O) groups is 2. The minimum Gasteiger partial charge on any atom is -0.370 e. The van der Waals surface area contributed by atoms with E-state index in [1.54, 1.807) is 35.8 Å². The van der Waals surface area contributed by atoms with Crippen molar-refractivity contribution in [3.63, 3.8) is 0 Å². The summed E-state index contributed by atoms with van der Waals surface area (Å²) in [6, 6.07) is 9.05. The summed E-state index contributed by atoms with van der Waals surface area (Å²) in [6.45, 7) is 0.504. The Bertz CT molecular complexity index is 1010. The molecular formula is C21H24N6O3. The number of nitrogens with zero attached hydrogens (tertiary/aromatic N) is 5. The van der Waals surface area contributed by atoms with E-state index in [0.29, 0.717) is 19.4 Å². The van der Waals surface area contributed by atoms with Crippen molar-refractivity contribution < 1.29 is 14.7 Å². The van der Waals surface area contributed by atoms with Crippen LogP contribution < -0.4 is 5.32 Å². The third-order valence-electron chi connectivity index (χ3n) is 5.44. The van der Waals surface area contributed by atoms with Crippen molar-refractivity contribution in [2.24, 2.45) is 0 Å². The van der Waals surface area contributed by atoms with E-state index in [9.17, 15) is 14.7 Å². The van der Waals surface area contributed by atoms with Crippen LogP contribution in [-0.4, -0.2) is 67.9 Å². The first-order valence-corrected chi connectivity index (χ1v) is 9.78. The summed E-state index contributed by atoms with van der Waals surface area (Å²) >= 11 is 0. The van der Waals surface area contributed by atoms with Gasteiger partial charge in [0, 0.05) is 19.8 Å². The molecule has 0 radical (unpaired) electrons. The van der Waals surface area contributed by atoms with Gasteiger partial charge < -0.3 is 20.2 Å². The minimum atomic E-state index is -0.726. The number of aliphatic hydroxyl groups excluding tert-OH is 1. The topological polar surface area (TPSA) is 104 Å². The average molecular weight is 408 g/mol. The summed E-state index contributed by atoms with van der Waals surface area (Å²) < 4.78 is 1.59. The number of aromatic nitrogens is 3. The Labute approximate surface area is 174 Å². The van der Waals surface area contributed by atoms with Crippen molar-refractivity contribution in [2.45, 2.75) is 31.7 Å². The first kappa shape index (κ1) is 19.8. The standard InChI is InChI=1S/C21H24N6O3/c1-25-16-9-8-15(21(30)26(2)17(16)10-11-18(25)28)23-20(29)19-22-13-27(24-19)12-14-6-4-3-5-7-14/h3-7,10-11,13,15,18,28H,8-9,12H2,1-2H3,(H,23,29)/t15-,18?/m0/s1. The molecular weight excluding hydrogens is 384 g/mol. The zero-order valence-electron chi connectivity index (χ0n) is 16.9. The van der Waals surface area contributed by atoms with Gasteiger partial charge in [-0.2, -0.15) is 0 Å². The zero-order valence-corrected chi connectivity index (χ0v) is 16.9. The molecule has 0 saturated carbocycles. The third-order valence-corrected chi connectivity index (χ3v) is 5.44. The van der Waals surface area contributed by atoms with Gasteiger partial charge in [-0.3, -0.25) is 9.59 Å². The highest BCUT2D eigenvalue weighted by atomic mass is 16.3. The van der Waals surface area contributed by atoms with E-state index >= 15 is 0 Å². The highest BCUT2D eigenvalue weighted by Crippen LogP contribution is 2.29. The second-order valence-corrected chi connectivity index (χ2v) is 7.43. The molecule has 4 rings (SSSR count). The molecule has 2 aromatic rings. The monoisotopic (exact) mass is 408 g/mol. The summed E-state index contributed by atoms with van der Waals surface area (Å²) in [6.07, 6.45) is 5.12. The van der Waals surface area contributed by atoms with E-state index in [-0.39, 0.29) is 11.7 Å². The van der Waals surface area contributed by atoms with E-state index in [0.717, 1.165) is 17.0 Å². The molecule has 1 unspecified atom stereocenters. The van der Waals surface area contributed by atoms with Crippen LogP contribution in [0.2, 0.25) is 0 Å². The van der Waals surface area contributed by atoms with Crippen LogP contribution >= 0.6 is 0 Å². The van der Waals surface area contributed by atoms with Gasteiger partial charge in [0.15, 0.2) is 0 Å². The SMILES string of the molecule is CN1C(=O)[C@@H](NC(=O)c2ncn(Cc3ccccc3)n2)CCC2=C1C=CC(O)N2C.